The summed E-state index contributed by atoms with van der Waals surface area (Å²) in [5.41, 5.74) is 1.69. The van der Waals surface area contributed by atoms with Crippen molar-refractivity contribution in [3.8, 4) is 5.75 Å². The van der Waals surface area contributed by atoms with Gasteiger partial charge in [-0.1, -0.05) is 40.5 Å². The first-order chi connectivity index (χ1) is 11.5. The van der Waals surface area contributed by atoms with E-state index in [-0.39, 0.29) is 25.1 Å². The predicted molar refractivity (Wildman–Crippen MR) is 97.9 cm³/mol. The number of rotatable bonds is 8. The molecule has 0 bridgehead atoms. The first kappa shape index (κ1) is 19.2. The third-order valence-electron chi connectivity index (χ3n) is 3.72. The molecule has 0 aliphatic heterocycles. The molecule has 0 amide bonds. The van der Waals surface area contributed by atoms with Gasteiger partial charge in [-0.05, 0) is 36.8 Å². The molecule has 2 aromatic carbocycles. The lowest BCUT2D eigenvalue weighted by Gasteiger charge is -2.17. The second-order valence-electron chi connectivity index (χ2n) is 5.45. The Balaban J connectivity index is 2.08. The number of ether oxygens (including phenoxy) is 1. The van der Waals surface area contributed by atoms with Gasteiger partial charge >= 0.3 is 0 Å². The van der Waals surface area contributed by atoms with Gasteiger partial charge in [0.2, 0.25) is 0 Å². The molecule has 0 spiro atoms. The summed E-state index contributed by atoms with van der Waals surface area (Å²) in [5.74, 6) is 0.353. The average Bonchev–Trinajstić information content (AvgIpc) is 2.56. The molecule has 24 heavy (non-hydrogen) atoms. The van der Waals surface area contributed by atoms with Gasteiger partial charge in [0.25, 0.3) is 0 Å². The van der Waals surface area contributed by atoms with Crippen LogP contribution in [0.2, 0.25) is 5.02 Å². The second-order valence-corrected chi connectivity index (χ2v) is 6.77. The van der Waals surface area contributed by atoms with Crippen molar-refractivity contribution >= 4 is 27.5 Å². The maximum atomic E-state index is 13.1. The highest BCUT2D eigenvalue weighted by Gasteiger charge is 2.10. The van der Waals surface area contributed by atoms with Crippen LogP contribution in [0.25, 0.3) is 0 Å². The fraction of sp³-hybridized carbons (Fsp3) is 0.333. The van der Waals surface area contributed by atoms with Gasteiger partial charge in [-0.2, -0.15) is 0 Å². The highest BCUT2D eigenvalue weighted by Crippen LogP contribution is 2.26. The largest absolute Gasteiger partial charge is 0.489 e. The summed E-state index contributed by atoms with van der Waals surface area (Å²) in [6, 6.07) is 10.0. The summed E-state index contributed by atoms with van der Waals surface area (Å²) < 4.78 is 19.9. The molecule has 0 aromatic heterocycles. The summed E-state index contributed by atoms with van der Waals surface area (Å²) in [6.45, 7) is 2.94. The predicted octanol–water partition coefficient (Wildman–Crippen LogP) is 4.68. The summed E-state index contributed by atoms with van der Waals surface area (Å²) in [7, 11) is 0. The Hall–Kier alpha value is -1.14. The molecule has 2 N–H and O–H groups in total. The molecule has 130 valence electrons. The van der Waals surface area contributed by atoms with E-state index in [1.807, 2.05) is 25.1 Å². The normalized spacial score (nSPS) is 12.2. The van der Waals surface area contributed by atoms with E-state index in [4.69, 9.17) is 16.3 Å². The Kier molecular flexibility index (Phi) is 7.49. The summed E-state index contributed by atoms with van der Waals surface area (Å²) >= 11 is 9.49. The highest BCUT2D eigenvalue weighted by atomic mass is 79.9. The standard InChI is InChI=1S/C18H20BrClFNO2/c1-2-16(10-23)22-9-13-7-14(19)4-6-18(13)24-11-12-3-5-15(21)8-17(12)20/h3-8,16,22-23H,2,9-11H2,1H3/t16-/m0/s1. The van der Waals surface area contributed by atoms with Crippen molar-refractivity contribution in [2.75, 3.05) is 6.61 Å². The SMILES string of the molecule is CC[C@@H](CO)NCc1cc(Br)ccc1OCc1ccc(F)cc1Cl. The Morgan fingerprint density at radius 1 is 1.25 bits per heavy atom. The maximum absolute atomic E-state index is 13.1. The Bertz CT molecular complexity index is 680. The van der Waals surface area contributed by atoms with Crippen molar-refractivity contribution in [3.05, 3.63) is 62.8 Å². The van der Waals surface area contributed by atoms with Gasteiger partial charge in [-0.3, -0.25) is 0 Å². The zero-order valence-corrected chi connectivity index (χ0v) is 15.7. The van der Waals surface area contributed by atoms with E-state index in [0.717, 1.165) is 27.8 Å². The summed E-state index contributed by atoms with van der Waals surface area (Å²) in [6.07, 6.45) is 0.839. The Labute approximate surface area is 154 Å². The van der Waals surface area contributed by atoms with Crippen molar-refractivity contribution < 1.29 is 14.2 Å². The lowest BCUT2D eigenvalue weighted by molar-refractivity contribution is 0.237. The molecular formula is C18H20BrClFNO2. The molecule has 2 aromatic rings. The van der Waals surface area contributed by atoms with Gasteiger partial charge in [0.05, 0.1) is 11.6 Å². The van der Waals surface area contributed by atoms with Gasteiger partial charge in [0, 0.05) is 28.2 Å². The van der Waals surface area contributed by atoms with Crippen molar-refractivity contribution in [1.29, 1.82) is 0 Å². The van der Waals surface area contributed by atoms with Gasteiger partial charge in [-0.15, -0.1) is 0 Å². The van der Waals surface area contributed by atoms with E-state index in [9.17, 15) is 9.50 Å². The molecule has 3 nitrogen and oxygen atoms in total. The Morgan fingerprint density at radius 2 is 2.04 bits per heavy atom. The van der Waals surface area contributed by atoms with E-state index in [1.165, 1.54) is 12.1 Å². The van der Waals surface area contributed by atoms with Gasteiger partial charge in [0.15, 0.2) is 0 Å². The molecule has 0 fully saturated rings. The quantitative estimate of drug-likeness (QED) is 0.656. The van der Waals surface area contributed by atoms with E-state index in [2.05, 4.69) is 21.2 Å². The minimum Gasteiger partial charge on any atom is -0.489 e. The third-order valence-corrected chi connectivity index (χ3v) is 4.56. The van der Waals surface area contributed by atoms with Crippen molar-refractivity contribution in [1.82, 2.24) is 5.32 Å². The molecular weight excluding hydrogens is 397 g/mol. The van der Waals surface area contributed by atoms with Crippen molar-refractivity contribution in [2.45, 2.75) is 32.5 Å². The zero-order valence-electron chi connectivity index (χ0n) is 13.4. The molecule has 0 saturated heterocycles. The summed E-state index contributed by atoms with van der Waals surface area (Å²) in [5, 5.41) is 12.9. The van der Waals surface area contributed by atoms with Gasteiger partial charge in [-0.25, -0.2) is 4.39 Å². The number of halogens is 3. The molecule has 1 atom stereocenters. The molecule has 0 radical (unpaired) electrons. The van der Waals surface area contributed by atoms with E-state index in [1.54, 1.807) is 6.07 Å². The molecule has 0 aliphatic carbocycles. The van der Waals surface area contributed by atoms with E-state index < -0.39 is 0 Å². The van der Waals surface area contributed by atoms with Gasteiger partial charge < -0.3 is 15.2 Å². The second kappa shape index (κ2) is 9.37. The van der Waals surface area contributed by atoms with Crippen LogP contribution in [-0.4, -0.2) is 17.8 Å². The van der Waals surface area contributed by atoms with Crippen LogP contribution in [-0.2, 0) is 13.2 Å². The molecule has 2 rings (SSSR count). The van der Waals surface area contributed by atoms with Crippen LogP contribution < -0.4 is 10.1 Å². The number of aliphatic hydroxyl groups excluding tert-OH is 1. The molecule has 6 heteroatoms. The number of aliphatic hydroxyl groups is 1. The van der Waals surface area contributed by atoms with E-state index in [0.29, 0.717) is 11.6 Å². The highest BCUT2D eigenvalue weighted by molar-refractivity contribution is 9.10. The van der Waals surface area contributed by atoms with Crippen LogP contribution in [0, 0.1) is 5.82 Å². The molecule has 0 heterocycles. The molecule has 0 saturated carbocycles. The van der Waals surface area contributed by atoms with Crippen LogP contribution >= 0.6 is 27.5 Å². The summed E-state index contributed by atoms with van der Waals surface area (Å²) in [4.78, 5) is 0. The fourth-order valence-electron chi connectivity index (χ4n) is 2.21. The van der Waals surface area contributed by atoms with Crippen LogP contribution in [0.5, 0.6) is 5.75 Å². The van der Waals surface area contributed by atoms with Crippen molar-refractivity contribution in [2.24, 2.45) is 0 Å². The lowest BCUT2D eigenvalue weighted by atomic mass is 10.1. The minimum absolute atomic E-state index is 0.0448. The minimum atomic E-state index is -0.369. The first-order valence-electron chi connectivity index (χ1n) is 7.72. The van der Waals surface area contributed by atoms with Crippen LogP contribution in [0.4, 0.5) is 4.39 Å². The van der Waals surface area contributed by atoms with Crippen LogP contribution in [0.3, 0.4) is 0 Å². The number of hydrogen-bond donors (Lipinski definition) is 2. The van der Waals surface area contributed by atoms with Crippen LogP contribution in [0.1, 0.15) is 24.5 Å². The molecule has 0 unspecified atom stereocenters. The Morgan fingerprint density at radius 3 is 2.71 bits per heavy atom. The zero-order chi connectivity index (χ0) is 17.5. The first-order valence-corrected chi connectivity index (χ1v) is 8.90. The smallest absolute Gasteiger partial charge is 0.124 e. The number of hydrogen-bond acceptors (Lipinski definition) is 3. The fourth-order valence-corrected chi connectivity index (χ4v) is 2.84. The van der Waals surface area contributed by atoms with E-state index >= 15 is 0 Å². The number of benzene rings is 2. The topological polar surface area (TPSA) is 41.5 Å². The molecule has 0 aliphatic rings. The van der Waals surface area contributed by atoms with Crippen LogP contribution in [0.15, 0.2) is 40.9 Å². The maximum Gasteiger partial charge on any atom is 0.124 e. The third kappa shape index (κ3) is 5.45. The van der Waals surface area contributed by atoms with Crippen molar-refractivity contribution in [3.63, 3.8) is 0 Å². The lowest BCUT2D eigenvalue weighted by Crippen LogP contribution is -2.31. The number of nitrogens with one attached hydrogen (secondary N) is 1. The average molecular weight is 417 g/mol. The monoisotopic (exact) mass is 415 g/mol. The van der Waals surface area contributed by atoms with Gasteiger partial charge in [0.1, 0.15) is 18.2 Å².